The van der Waals surface area contributed by atoms with Crippen molar-refractivity contribution in [2.45, 2.75) is 6.92 Å². The Morgan fingerprint density at radius 2 is 2.31 bits per heavy atom. The van der Waals surface area contributed by atoms with Crippen LogP contribution in [0.4, 0.5) is 0 Å². The number of carbonyl (C=O) groups is 2. The van der Waals surface area contributed by atoms with Gasteiger partial charge in [-0.1, -0.05) is 5.92 Å². The molecule has 1 aromatic carbocycles. The van der Waals surface area contributed by atoms with Crippen LogP contribution in [0.15, 0.2) is 18.2 Å². The molecule has 0 amide bonds. The monoisotopic (exact) mass is 218 g/mol. The lowest BCUT2D eigenvalue weighted by molar-refractivity contribution is -0.136. The summed E-state index contributed by atoms with van der Waals surface area (Å²) in [5.74, 6) is 3.89. The van der Waals surface area contributed by atoms with Crippen molar-refractivity contribution >= 4 is 12.3 Å². The van der Waals surface area contributed by atoms with Gasteiger partial charge in [-0.3, -0.25) is 4.79 Å². The summed E-state index contributed by atoms with van der Waals surface area (Å²) in [6, 6.07) is 4.20. The molecular formula is C12H10O4. The number of aromatic hydroxyl groups is 1. The summed E-state index contributed by atoms with van der Waals surface area (Å²) < 4.78 is 4.60. The number of carbonyl (C=O) groups excluding carboxylic acids is 2. The fraction of sp³-hybridized carbons (Fsp3) is 0.167. The lowest BCUT2D eigenvalue weighted by atomic mass is 10.1. The van der Waals surface area contributed by atoms with Crippen LogP contribution in [0.3, 0.4) is 0 Å². The van der Waals surface area contributed by atoms with E-state index >= 15 is 0 Å². The Morgan fingerprint density at radius 3 is 2.94 bits per heavy atom. The molecule has 0 atom stereocenters. The van der Waals surface area contributed by atoms with Gasteiger partial charge < -0.3 is 9.84 Å². The molecule has 0 aliphatic rings. The number of hydrogen-bond acceptors (Lipinski definition) is 4. The van der Waals surface area contributed by atoms with E-state index in [-0.39, 0.29) is 17.9 Å². The molecule has 1 aromatic rings. The lowest BCUT2D eigenvalue weighted by Gasteiger charge is -1.97. The highest BCUT2D eigenvalue weighted by Gasteiger charge is 2.00. The van der Waals surface area contributed by atoms with Crippen LogP contribution in [0, 0.1) is 11.8 Å². The van der Waals surface area contributed by atoms with Crippen molar-refractivity contribution in [1.29, 1.82) is 0 Å². The van der Waals surface area contributed by atoms with Crippen molar-refractivity contribution in [1.82, 2.24) is 0 Å². The fourth-order valence-corrected chi connectivity index (χ4v) is 1.01. The maximum absolute atomic E-state index is 10.9. The molecule has 1 N–H and O–H groups in total. The Labute approximate surface area is 92.9 Å². The van der Waals surface area contributed by atoms with Crippen molar-refractivity contribution in [3.63, 3.8) is 0 Å². The van der Waals surface area contributed by atoms with Crippen molar-refractivity contribution in [3.05, 3.63) is 29.3 Å². The third-order valence-electron chi connectivity index (χ3n) is 1.73. The predicted molar refractivity (Wildman–Crippen MR) is 57.0 cm³/mol. The van der Waals surface area contributed by atoms with E-state index in [1.807, 2.05) is 0 Å². The van der Waals surface area contributed by atoms with Gasteiger partial charge in [0.15, 0.2) is 0 Å². The highest BCUT2D eigenvalue weighted by molar-refractivity contribution is 5.89. The Morgan fingerprint density at radius 1 is 1.56 bits per heavy atom. The molecule has 0 aromatic heterocycles. The van der Waals surface area contributed by atoms with E-state index in [9.17, 15) is 14.7 Å². The van der Waals surface area contributed by atoms with E-state index in [1.165, 1.54) is 18.2 Å². The van der Waals surface area contributed by atoms with Crippen LogP contribution in [-0.2, 0) is 9.53 Å². The first-order valence-electron chi connectivity index (χ1n) is 4.64. The van der Waals surface area contributed by atoms with E-state index in [2.05, 4.69) is 16.6 Å². The molecule has 4 nitrogen and oxygen atoms in total. The molecule has 0 spiro atoms. The number of rotatable bonds is 2. The number of esters is 1. The summed E-state index contributed by atoms with van der Waals surface area (Å²) in [5, 5.41) is 9.40. The quantitative estimate of drug-likeness (QED) is 0.459. The number of benzene rings is 1. The minimum atomic E-state index is -0.668. The maximum Gasteiger partial charge on any atom is 0.384 e. The van der Waals surface area contributed by atoms with Gasteiger partial charge in [0, 0.05) is 11.5 Å². The third kappa shape index (κ3) is 3.14. The van der Waals surface area contributed by atoms with E-state index in [4.69, 9.17) is 0 Å². The van der Waals surface area contributed by atoms with E-state index in [0.717, 1.165) is 0 Å². The van der Waals surface area contributed by atoms with Crippen LogP contribution in [0.25, 0.3) is 0 Å². The maximum atomic E-state index is 10.9. The normalized spacial score (nSPS) is 8.81. The van der Waals surface area contributed by atoms with Crippen molar-refractivity contribution < 1.29 is 19.4 Å². The van der Waals surface area contributed by atoms with E-state index in [1.54, 1.807) is 6.92 Å². The summed E-state index contributed by atoms with van der Waals surface area (Å²) in [6.45, 7) is 1.91. The SMILES string of the molecule is CCOC(=O)C#Cc1cc(C=O)ccc1O. The summed E-state index contributed by atoms with van der Waals surface area (Å²) in [5.41, 5.74) is 0.601. The van der Waals surface area contributed by atoms with Crippen LogP contribution in [0.5, 0.6) is 5.75 Å². The Kier molecular flexibility index (Phi) is 4.10. The second-order valence-electron chi connectivity index (χ2n) is 2.86. The molecule has 82 valence electrons. The second kappa shape index (κ2) is 5.56. The van der Waals surface area contributed by atoms with Gasteiger partial charge in [-0.05, 0) is 25.1 Å². The number of aldehydes is 1. The predicted octanol–water partition coefficient (Wildman–Crippen LogP) is 1.12. The average Bonchev–Trinajstić information content (AvgIpc) is 2.28. The van der Waals surface area contributed by atoms with E-state index in [0.29, 0.717) is 11.8 Å². The Bertz CT molecular complexity index is 466. The highest BCUT2D eigenvalue weighted by atomic mass is 16.5. The molecule has 0 aliphatic heterocycles. The van der Waals surface area contributed by atoms with Gasteiger partial charge >= 0.3 is 5.97 Å². The standard InChI is InChI=1S/C12H10O4/c1-2-16-12(15)6-4-10-7-9(8-13)3-5-11(10)14/h3,5,7-8,14H,2H2,1H3. The first-order chi connectivity index (χ1) is 7.67. The van der Waals surface area contributed by atoms with Gasteiger partial charge in [-0.15, -0.1) is 0 Å². The molecule has 0 unspecified atom stereocenters. The number of hydrogen-bond donors (Lipinski definition) is 1. The zero-order valence-corrected chi connectivity index (χ0v) is 8.69. The van der Waals surface area contributed by atoms with Crippen LogP contribution in [0.2, 0.25) is 0 Å². The zero-order valence-electron chi connectivity index (χ0n) is 8.69. The van der Waals surface area contributed by atoms with Gasteiger partial charge in [0.2, 0.25) is 0 Å². The molecule has 0 heterocycles. The van der Waals surface area contributed by atoms with Gasteiger partial charge in [0.25, 0.3) is 0 Å². The molecule has 16 heavy (non-hydrogen) atoms. The first-order valence-corrected chi connectivity index (χ1v) is 4.64. The van der Waals surface area contributed by atoms with Gasteiger partial charge in [-0.25, -0.2) is 4.79 Å². The summed E-state index contributed by atoms with van der Waals surface area (Å²) in [4.78, 5) is 21.4. The van der Waals surface area contributed by atoms with Crippen molar-refractivity contribution in [2.24, 2.45) is 0 Å². The van der Waals surface area contributed by atoms with Gasteiger partial charge in [0.05, 0.1) is 12.2 Å². The zero-order chi connectivity index (χ0) is 12.0. The number of phenols is 1. The van der Waals surface area contributed by atoms with Crippen molar-refractivity contribution in [3.8, 4) is 17.6 Å². The second-order valence-corrected chi connectivity index (χ2v) is 2.86. The molecule has 0 bridgehead atoms. The molecule has 0 saturated carbocycles. The largest absolute Gasteiger partial charge is 0.507 e. The van der Waals surface area contributed by atoms with Gasteiger partial charge in [-0.2, -0.15) is 0 Å². The molecule has 4 heteroatoms. The molecule has 0 saturated heterocycles. The average molecular weight is 218 g/mol. The molecule has 0 fully saturated rings. The lowest BCUT2D eigenvalue weighted by Crippen LogP contribution is -1.99. The van der Waals surface area contributed by atoms with E-state index < -0.39 is 5.97 Å². The topological polar surface area (TPSA) is 63.6 Å². The van der Waals surface area contributed by atoms with Crippen LogP contribution < -0.4 is 0 Å². The van der Waals surface area contributed by atoms with Crippen molar-refractivity contribution in [2.75, 3.05) is 6.61 Å². The van der Waals surface area contributed by atoms with Crippen LogP contribution >= 0.6 is 0 Å². The fourth-order valence-electron chi connectivity index (χ4n) is 1.01. The smallest absolute Gasteiger partial charge is 0.384 e. The minimum absolute atomic E-state index is 0.0811. The minimum Gasteiger partial charge on any atom is -0.507 e. The molecular weight excluding hydrogens is 208 g/mol. The summed E-state index contributed by atoms with van der Waals surface area (Å²) in [7, 11) is 0. The summed E-state index contributed by atoms with van der Waals surface area (Å²) in [6.07, 6.45) is 0.634. The Hall–Kier alpha value is -2.28. The van der Waals surface area contributed by atoms with Gasteiger partial charge in [0.1, 0.15) is 12.0 Å². The van der Waals surface area contributed by atoms with Crippen LogP contribution in [0.1, 0.15) is 22.8 Å². The number of phenolic OH excluding ortho intramolecular Hbond substituents is 1. The molecule has 0 radical (unpaired) electrons. The summed E-state index contributed by atoms with van der Waals surface area (Å²) >= 11 is 0. The third-order valence-corrected chi connectivity index (χ3v) is 1.73. The molecule has 1 rings (SSSR count). The Balaban J connectivity index is 2.95. The molecule has 0 aliphatic carbocycles. The highest BCUT2D eigenvalue weighted by Crippen LogP contribution is 2.16. The number of ether oxygens (including phenoxy) is 1. The van der Waals surface area contributed by atoms with Crippen LogP contribution in [-0.4, -0.2) is 24.0 Å². The first kappa shape index (κ1) is 11.8.